The van der Waals surface area contributed by atoms with Crippen LogP contribution >= 0.6 is 0 Å². The Labute approximate surface area is 127 Å². The largest absolute Gasteiger partial charge is 0.285 e. The Hall–Kier alpha value is -3.21. The third kappa shape index (κ3) is 2.09. The first-order chi connectivity index (χ1) is 10.9. The van der Waals surface area contributed by atoms with E-state index in [1.807, 2.05) is 65.5 Å². The standard InChI is InChI=1S/C17H12N5/c1-3-7-13(8-4-1)16-17(14-11-18-19-12-14)22(21-20-16)15-9-5-2-6-10-15/h1-7,9-12H,(H,18,19). The molecule has 22 heavy (non-hydrogen) atoms. The Balaban J connectivity index is 1.96. The maximum absolute atomic E-state index is 4.36. The Morgan fingerprint density at radius 1 is 1.00 bits per heavy atom. The highest BCUT2D eigenvalue weighted by Crippen LogP contribution is 2.31. The summed E-state index contributed by atoms with van der Waals surface area (Å²) in [6.07, 6.45) is 3.61. The van der Waals surface area contributed by atoms with E-state index in [2.05, 4.69) is 26.6 Å². The molecule has 2 aromatic heterocycles. The van der Waals surface area contributed by atoms with Gasteiger partial charge in [0.1, 0.15) is 11.4 Å². The van der Waals surface area contributed by atoms with E-state index in [9.17, 15) is 0 Å². The summed E-state index contributed by atoms with van der Waals surface area (Å²) in [4.78, 5) is 0. The number of para-hydroxylation sites is 1. The van der Waals surface area contributed by atoms with Crippen molar-refractivity contribution in [3.63, 3.8) is 0 Å². The molecule has 2 heterocycles. The van der Waals surface area contributed by atoms with Crippen LogP contribution in [-0.4, -0.2) is 25.2 Å². The van der Waals surface area contributed by atoms with Gasteiger partial charge in [-0.05, 0) is 18.2 Å². The number of H-pyrrole nitrogens is 1. The smallest absolute Gasteiger partial charge is 0.122 e. The highest BCUT2D eigenvalue weighted by atomic mass is 15.4. The molecule has 0 aliphatic carbocycles. The summed E-state index contributed by atoms with van der Waals surface area (Å²) in [6.45, 7) is 0. The van der Waals surface area contributed by atoms with E-state index in [0.717, 1.165) is 28.2 Å². The van der Waals surface area contributed by atoms with Gasteiger partial charge in [-0.2, -0.15) is 5.10 Å². The number of aromatic amines is 1. The van der Waals surface area contributed by atoms with Gasteiger partial charge in [-0.3, -0.25) is 5.10 Å². The zero-order valence-electron chi connectivity index (χ0n) is 11.6. The molecule has 0 atom stereocenters. The molecular formula is C17H12N5. The molecule has 1 N–H and O–H groups in total. The average molecular weight is 286 g/mol. The molecule has 105 valence electrons. The highest BCUT2D eigenvalue weighted by Gasteiger charge is 2.18. The van der Waals surface area contributed by atoms with Gasteiger partial charge in [0.2, 0.25) is 0 Å². The molecule has 0 spiro atoms. The molecule has 5 heteroatoms. The van der Waals surface area contributed by atoms with E-state index in [1.165, 1.54) is 0 Å². The van der Waals surface area contributed by atoms with Gasteiger partial charge >= 0.3 is 0 Å². The number of nitrogens with one attached hydrogen (secondary N) is 1. The van der Waals surface area contributed by atoms with Crippen molar-refractivity contribution in [3.05, 3.63) is 73.1 Å². The molecule has 1 radical (unpaired) electrons. The van der Waals surface area contributed by atoms with Crippen LogP contribution in [-0.2, 0) is 0 Å². The first-order valence-corrected chi connectivity index (χ1v) is 6.91. The highest BCUT2D eigenvalue weighted by molar-refractivity contribution is 5.78. The number of hydrogen-bond acceptors (Lipinski definition) is 3. The van der Waals surface area contributed by atoms with Gasteiger partial charge in [0.15, 0.2) is 0 Å². The number of hydrogen-bond donors (Lipinski definition) is 1. The second-order valence-corrected chi connectivity index (χ2v) is 4.80. The van der Waals surface area contributed by atoms with E-state index in [-0.39, 0.29) is 0 Å². The molecule has 0 amide bonds. The third-order valence-electron chi connectivity index (χ3n) is 3.41. The lowest BCUT2D eigenvalue weighted by molar-refractivity contribution is 0.808. The maximum atomic E-state index is 4.36. The van der Waals surface area contributed by atoms with Crippen molar-refractivity contribution in [1.82, 2.24) is 25.2 Å². The second kappa shape index (κ2) is 5.29. The predicted molar refractivity (Wildman–Crippen MR) is 83.2 cm³/mol. The van der Waals surface area contributed by atoms with Crippen LogP contribution in [0.4, 0.5) is 0 Å². The van der Waals surface area contributed by atoms with Gasteiger partial charge in [-0.1, -0.05) is 47.7 Å². The van der Waals surface area contributed by atoms with E-state index in [4.69, 9.17) is 0 Å². The fourth-order valence-corrected chi connectivity index (χ4v) is 2.39. The summed E-state index contributed by atoms with van der Waals surface area (Å²) in [7, 11) is 0. The number of aromatic nitrogens is 5. The van der Waals surface area contributed by atoms with Crippen LogP contribution in [0.1, 0.15) is 0 Å². The lowest BCUT2D eigenvalue weighted by Gasteiger charge is -2.06. The van der Waals surface area contributed by atoms with Crippen LogP contribution in [0.15, 0.2) is 67.0 Å². The summed E-state index contributed by atoms with van der Waals surface area (Å²) in [5.74, 6) is 0. The maximum Gasteiger partial charge on any atom is 0.122 e. The molecular weight excluding hydrogens is 274 g/mol. The van der Waals surface area contributed by atoms with Gasteiger partial charge in [0.05, 0.1) is 11.9 Å². The molecule has 0 aliphatic rings. The summed E-state index contributed by atoms with van der Waals surface area (Å²) >= 11 is 0. The minimum absolute atomic E-state index is 0.783. The van der Waals surface area contributed by atoms with E-state index in [0.29, 0.717) is 0 Å². The SMILES string of the molecule is [c]1ccccc1-c1nnn(-c2ccccc2)c1-c1cn[nH]c1. The lowest BCUT2D eigenvalue weighted by atomic mass is 10.1. The van der Waals surface area contributed by atoms with Crippen LogP contribution in [0.3, 0.4) is 0 Å². The molecule has 0 aliphatic heterocycles. The van der Waals surface area contributed by atoms with E-state index >= 15 is 0 Å². The Morgan fingerprint density at radius 2 is 1.86 bits per heavy atom. The predicted octanol–water partition coefficient (Wildman–Crippen LogP) is 3.12. The molecule has 0 unspecified atom stereocenters. The van der Waals surface area contributed by atoms with Crippen molar-refractivity contribution in [3.8, 4) is 28.2 Å². The van der Waals surface area contributed by atoms with Gasteiger partial charge in [-0.15, -0.1) is 5.10 Å². The zero-order chi connectivity index (χ0) is 14.8. The number of nitrogens with zero attached hydrogens (tertiary/aromatic N) is 4. The van der Waals surface area contributed by atoms with Crippen LogP contribution < -0.4 is 0 Å². The van der Waals surface area contributed by atoms with Crippen LogP contribution in [0.5, 0.6) is 0 Å². The average Bonchev–Trinajstić information content (AvgIpc) is 3.25. The lowest BCUT2D eigenvalue weighted by Crippen LogP contribution is -1.98. The normalized spacial score (nSPS) is 10.7. The molecule has 0 saturated carbocycles. The van der Waals surface area contributed by atoms with Crippen molar-refractivity contribution < 1.29 is 0 Å². The molecule has 4 rings (SSSR count). The first-order valence-electron chi connectivity index (χ1n) is 6.91. The van der Waals surface area contributed by atoms with Crippen LogP contribution in [0.2, 0.25) is 0 Å². The van der Waals surface area contributed by atoms with Gasteiger partial charge < -0.3 is 0 Å². The molecule has 2 aromatic carbocycles. The minimum atomic E-state index is 0.783. The van der Waals surface area contributed by atoms with E-state index in [1.54, 1.807) is 6.20 Å². The summed E-state index contributed by atoms with van der Waals surface area (Å²) in [5.41, 5.74) is 4.46. The van der Waals surface area contributed by atoms with Gasteiger partial charge in [0, 0.05) is 17.3 Å². The molecule has 0 saturated heterocycles. The molecule has 4 aromatic rings. The number of benzene rings is 2. The quantitative estimate of drug-likeness (QED) is 0.629. The Morgan fingerprint density at radius 3 is 2.59 bits per heavy atom. The van der Waals surface area contributed by atoms with Crippen molar-refractivity contribution in [2.75, 3.05) is 0 Å². The monoisotopic (exact) mass is 286 g/mol. The Kier molecular flexibility index (Phi) is 3.01. The fraction of sp³-hybridized carbons (Fsp3) is 0. The van der Waals surface area contributed by atoms with Crippen molar-refractivity contribution >= 4 is 0 Å². The molecule has 0 bridgehead atoms. The van der Waals surface area contributed by atoms with Gasteiger partial charge in [0.25, 0.3) is 0 Å². The molecule has 0 fully saturated rings. The first kappa shape index (κ1) is 12.5. The summed E-state index contributed by atoms with van der Waals surface area (Å²) in [5, 5.41) is 15.6. The molecule has 5 nitrogen and oxygen atoms in total. The van der Waals surface area contributed by atoms with E-state index < -0.39 is 0 Å². The summed E-state index contributed by atoms with van der Waals surface area (Å²) < 4.78 is 1.82. The Bertz CT molecular complexity index is 807. The van der Waals surface area contributed by atoms with Crippen LogP contribution in [0, 0.1) is 6.07 Å². The topological polar surface area (TPSA) is 59.4 Å². The van der Waals surface area contributed by atoms with Crippen LogP contribution in [0.25, 0.3) is 28.2 Å². The fourth-order valence-electron chi connectivity index (χ4n) is 2.39. The summed E-state index contributed by atoms with van der Waals surface area (Å²) in [6, 6.07) is 20.9. The minimum Gasteiger partial charge on any atom is -0.285 e. The second-order valence-electron chi connectivity index (χ2n) is 4.80. The van der Waals surface area contributed by atoms with Crippen molar-refractivity contribution in [2.24, 2.45) is 0 Å². The number of rotatable bonds is 3. The van der Waals surface area contributed by atoms with Crippen molar-refractivity contribution in [1.29, 1.82) is 0 Å². The van der Waals surface area contributed by atoms with Crippen molar-refractivity contribution in [2.45, 2.75) is 0 Å². The third-order valence-corrected chi connectivity index (χ3v) is 3.41. The zero-order valence-corrected chi connectivity index (χ0v) is 11.6. The van der Waals surface area contributed by atoms with Gasteiger partial charge in [-0.25, -0.2) is 4.68 Å².